The summed E-state index contributed by atoms with van der Waals surface area (Å²) in [4.78, 5) is 74.5. The molecule has 1 unspecified atom stereocenters. The summed E-state index contributed by atoms with van der Waals surface area (Å²) in [7, 11) is -5.25. The predicted molar refractivity (Wildman–Crippen MR) is 236 cm³/mol. The summed E-state index contributed by atoms with van der Waals surface area (Å²) < 4.78 is 58.1. The van der Waals surface area contributed by atoms with Crippen molar-refractivity contribution >= 4 is 80.5 Å². The third-order valence-electron chi connectivity index (χ3n) is 11.1. The highest BCUT2D eigenvalue weighted by atomic mass is 32.2. The third-order valence-corrected chi connectivity index (χ3v) is 16.7. The number of carbonyl (C=O) groups excluding carboxylic acids is 5. The minimum Gasteiger partial charge on any atom is -0.340 e. The van der Waals surface area contributed by atoms with Gasteiger partial charge in [0.15, 0.2) is 10.2 Å². The molecular weight excluding hydrogens is 866 g/mol. The minimum absolute atomic E-state index is 0.0383. The number of thioether (sulfide) groups is 2. The lowest BCUT2D eigenvalue weighted by molar-refractivity contribution is -0.149. The van der Waals surface area contributed by atoms with E-state index in [4.69, 9.17) is 9.05 Å². The lowest BCUT2D eigenvalue weighted by Crippen LogP contribution is -2.59. The second-order valence-electron chi connectivity index (χ2n) is 17.9. The number of amides is 3. The highest BCUT2D eigenvalue weighted by Crippen LogP contribution is 2.67. The number of alkyl halides is 2. The van der Waals surface area contributed by atoms with Crippen LogP contribution in [0.5, 0.6) is 0 Å². The van der Waals surface area contributed by atoms with Crippen LogP contribution in [0.3, 0.4) is 0 Å². The summed E-state index contributed by atoms with van der Waals surface area (Å²) >= 11 is 2.83. The Morgan fingerprint density at radius 3 is 2.15 bits per heavy atom. The first kappa shape index (κ1) is 47.3. The molecule has 0 saturated carbocycles. The maximum atomic E-state index is 16.4. The van der Waals surface area contributed by atoms with E-state index >= 15 is 8.78 Å². The van der Waals surface area contributed by atoms with Gasteiger partial charge in [-0.15, -0.1) is 11.3 Å². The van der Waals surface area contributed by atoms with E-state index in [1.54, 1.807) is 57.5 Å². The molecule has 18 heteroatoms. The largest absolute Gasteiger partial charge is 0.404 e. The first-order valence-electron chi connectivity index (χ1n) is 20.7. The molecule has 1 N–H and O–H groups in total. The van der Waals surface area contributed by atoms with Crippen molar-refractivity contribution in [2.75, 3.05) is 37.8 Å². The monoisotopic (exact) mass is 920 g/mol. The Morgan fingerprint density at radius 1 is 0.902 bits per heavy atom. The molecule has 3 atom stereocenters. The van der Waals surface area contributed by atoms with E-state index in [1.807, 2.05) is 18.3 Å². The second-order valence-corrected chi connectivity index (χ2v) is 23.2. The van der Waals surface area contributed by atoms with Gasteiger partial charge in [0.25, 0.3) is 5.91 Å². The summed E-state index contributed by atoms with van der Waals surface area (Å²) in [5.74, 6) is -0.799. The van der Waals surface area contributed by atoms with Crippen LogP contribution < -0.4 is 5.32 Å². The van der Waals surface area contributed by atoms with Gasteiger partial charge in [-0.05, 0) is 60.9 Å². The van der Waals surface area contributed by atoms with Crippen LogP contribution >= 0.6 is 42.5 Å². The molecule has 3 aliphatic heterocycles. The summed E-state index contributed by atoms with van der Waals surface area (Å²) in [5, 5.41) is 2.81. The van der Waals surface area contributed by atoms with Crippen LogP contribution in [0.2, 0.25) is 0 Å². The van der Waals surface area contributed by atoms with Crippen LogP contribution in [0.4, 0.5) is 8.78 Å². The molecule has 5 heterocycles. The number of likely N-dealkylation sites (tertiary alicyclic amines) is 1. The lowest BCUT2D eigenvalue weighted by atomic mass is 9.92. The molecule has 61 heavy (non-hydrogen) atoms. The molecular formula is C43H55F2N4O8PS3. The van der Waals surface area contributed by atoms with Crippen LogP contribution in [0.25, 0.3) is 10.1 Å². The van der Waals surface area contributed by atoms with Gasteiger partial charge >= 0.3 is 13.3 Å². The molecule has 3 amide bonds. The maximum Gasteiger partial charge on any atom is 0.404 e. The number of hydrogen-bond donors (Lipinski definition) is 1. The molecule has 0 spiro atoms. The van der Waals surface area contributed by atoms with Gasteiger partial charge in [0.2, 0.25) is 11.8 Å². The quantitative estimate of drug-likeness (QED) is 0.122. The smallest absolute Gasteiger partial charge is 0.340 e. The van der Waals surface area contributed by atoms with E-state index in [0.29, 0.717) is 43.5 Å². The van der Waals surface area contributed by atoms with E-state index in [1.165, 1.54) is 12.1 Å². The van der Waals surface area contributed by atoms with Gasteiger partial charge in [0.1, 0.15) is 12.1 Å². The highest BCUT2D eigenvalue weighted by molar-refractivity contribution is 8.14. The number of thiophene rings is 1. The van der Waals surface area contributed by atoms with Gasteiger partial charge in [-0.25, -0.2) is 0 Å². The van der Waals surface area contributed by atoms with Gasteiger partial charge in [-0.3, -0.25) is 33.5 Å². The van der Waals surface area contributed by atoms with E-state index in [0.717, 1.165) is 65.4 Å². The Morgan fingerprint density at radius 2 is 1.54 bits per heavy atom. The normalized spacial score (nSPS) is 20.5. The fraction of sp³-hybridized carbons (Fsp3) is 0.581. The van der Waals surface area contributed by atoms with Crippen molar-refractivity contribution in [3.8, 4) is 0 Å². The number of fused-ring (bicyclic) bond motifs is 2. The van der Waals surface area contributed by atoms with Crippen molar-refractivity contribution in [1.29, 1.82) is 0 Å². The fourth-order valence-electron chi connectivity index (χ4n) is 7.55. The van der Waals surface area contributed by atoms with Gasteiger partial charge in [-0.1, -0.05) is 90.0 Å². The molecule has 1 aromatic carbocycles. The number of rotatable bonds is 14. The highest BCUT2D eigenvalue weighted by Gasteiger charge is 2.55. The van der Waals surface area contributed by atoms with Crippen LogP contribution in [0.15, 0.2) is 48.8 Å². The van der Waals surface area contributed by atoms with Crippen molar-refractivity contribution in [3.05, 3.63) is 64.8 Å². The van der Waals surface area contributed by atoms with Gasteiger partial charge in [-0.2, -0.15) is 8.78 Å². The standard InChI is InChI=1S/C43H55F2N4O8PS3/c1-41(2,3)39(53)59-20-18-56-58(55,57-19-21-60-40(54)42(4,5)6)43(44,45)30-13-16-34-28(22-30)23-35(61-34)36(50)47-32-12-8-7-11-31-14-15-33(49(31)37(32)51)38(52)48-25-29(26-48)27-10-9-17-46-24-27/h9-10,13,16-17,22-24,29,31-33H,7-8,11-12,14-15,18-21,25-26H2,1-6H3,(H,47,50)/t31-,32?,33-/m0/s1. The van der Waals surface area contributed by atoms with Crippen LogP contribution in [-0.2, 0) is 38.5 Å². The van der Waals surface area contributed by atoms with Crippen molar-refractivity contribution in [1.82, 2.24) is 20.1 Å². The first-order chi connectivity index (χ1) is 28.7. The van der Waals surface area contributed by atoms with Crippen molar-refractivity contribution in [3.63, 3.8) is 0 Å². The number of nitrogens with zero attached hydrogens (tertiary/aromatic N) is 3. The Hall–Kier alpha value is -3.21. The Kier molecular flexibility index (Phi) is 14.9. The van der Waals surface area contributed by atoms with Crippen molar-refractivity contribution < 1.29 is 46.4 Å². The van der Waals surface area contributed by atoms with Gasteiger partial charge < -0.3 is 24.2 Å². The fourth-order valence-corrected chi connectivity index (χ4v) is 11.8. The zero-order chi connectivity index (χ0) is 44.3. The lowest BCUT2D eigenvalue weighted by Gasteiger charge is -2.43. The van der Waals surface area contributed by atoms with Crippen LogP contribution in [0, 0.1) is 10.8 Å². The summed E-state index contributed by atoms with van der Waals surface area (Å²) in [6.07, 6.45) is 7.52. The molecule has 3 aliphatic rings. The zero-order valence-corrected chi connectivity index (χ0v) is 38.8. The summed E-state index contributed by atoms with van der Waals surface area (Å²) in [6, 6.07) is 7.40. The average molecular weight is 921 g/mol. The Balaban J connectivity index is 1.14. The summed E-state index contributed by atoms with van der Waals surface area (Å²) in [5.41, 5.74) is -5.10. The predicted octanol–water partition coefficient (Wildman–Crippen LogP) is 8.84. The van der Waals surface area contributed by atoms with Crippen molar-refractivity contribution in [2.45, 2.75) is 110 Å². The Labute approximate surface area is 368 Å². The SMILES string of the molecule is CC(C)(C)C(=O)SCCOP(=O)(OCCSC(=O)C(C)(C)C)C(F)(F)c1ccc2sc(C(=O)NC3CCCC[C@H]4CC[C@@H](C(=O)N5CC(c6cccnc6)C5)N4C3=O)cc2c1. The number of halogens is 2. The number of hydrogen-bond acceptors (Lipinski definition) is 12. The molecule has 0 aliphatic carbocycles. The van der Waals surface area contributed by atoms with Crippen molar-refractivity contribution in [2.24, 2.45) is 10.8 Å². The average Bonchev–Trinajstić information content (AvgIpc) is 3.81. The number of aromatic nitrogens is 1. The number of nitrogens with one attached hydrogen (secondary N) is 1. The molecule has 12 nitrogen and oxygen atoms in total. The van der Waals surface area contributed by atoms with Gasteiger partial charge in [0, 0.05) is 70.0 Å². The molecule has 6 rings (SSSR count). The van der Waals surface area contributed by atoms with Crippen LogP contribution in [-0.4, -0.2) is 98.7 Å². The van der Waals surface area contributed by atoms with E-state index < -0.39 is 60.9 Å². The maximum absolute atomic E-state index is 16.4. The molecule has 2 aromatic heterocycles. The second kappa shape index (κ2) is 19.3. The minimum atomic E-state index is -5.25. The molecule has 0 radical (unpaired) electrons. The van der Waals surface area contributed by atoms with E-state index in [2.05, 4.69) is 10.3 Å². The molecule has 332 valence electrons. The number of carbonyl (C=O) groups is 5. The summed E-state index contributed by atoms with van der Waals surface area (Å²) in [6.45, 7) is 10.6. The molecule has 3 saturated heterocycles. The molecule has 0 bridgehead atoms. The third kappa shape index (κ3) is 10.9. The van der Waals surface area contributed by atoms with Gasteiger partial charge in [0.05, 0.1) is 18.1 Å². The number of benzene rings is 1. The Bertz CT molecular complexity index is 2120. The van der Waals surface area contributed by atoms with E-state index in [9.17, 15) is 28.5 Å². The first-order valence-corrected chi connectivity index (χ1v) is 25.0. The topological polar surface area (TPSA) is 152 Å². The molecule has 3 fully saturated rings. The van der Waals surface area contributed by atoms with Crippen LogP contribution in [0.1, 0.15) is 107 Å². The van der Waals surface area contributed by atoms with E-state index in [-0.39, 0.29) is 55.8 Å². The zero-order valence-electron chi connectivity index (χ0n) is 35.4. The molecule has 3 aromatic rings. The number of pyridine rings is 1.